The zero-order chi connectivity index (χ0) is 18.4. The number of ether oxygens (including phenoxy) is 1. The summed E-state index contributed by atoms with van der Waals surface area (Å²) in [7, 11) is 1.65. The highest BCUT2D eigenvalue weighted by Crippen LogP contribution is 2.21. The number of hydrogen-bond acceptors (Lipinski definition) is 4. The van der Waals surface area contributed by atoms with Crippen LogP contribution in [-0.4, -0.2) is 27.8 Å². The normalized spacial score (nSPS) is 10.5. The van der Waals surface area contributed by atoms with Crippen LogP contribution in [0, 0.1) is 6.92 Å². The minimum absolute atomic E-state index is 0.0381. The Morgan fingerprint density at radius 2 is 1.92 bits per heavy atom. The second kappa shape index (κ2) is 8.29. The van der Waals surface area contributed by atoms with E-state index < -0.39 is 0 Å². The van der Waals surface area contributed by atoms with Gasteiger partial charge in [0, 0.05) is 30.9 Å². The molecule has 6 nitrogen and oxygen atoms in total. The number of carbonyl (C=O) groups is 1. The number of pyridine rings is 1. The topological polar surface area (TPSA) is 69.0 Å². The van der Waals surface area contributed by atoms with E-state index in [2.05, 4.69) is 15.4 Å². The summed E-state index contributed by atoms with van der Waals surface area (Å²) in [5, 5.41) is 7.17. The Kier molecular flexibility index (Phi) is 5.63. The Morgan fingerprint density at radius 1 is 1.12 bits per heavy atom. The number of nitrogens with zero attached hydrogens (tertiary/aromatic N) is 3. The number of rotatable bonds is 7. The molecule has 0 aliphatic heterocycles. The van der Waals surface area contributed by atoms with Gasteiger partial charge in [0.1, 0.15) is 11.6 Å². The largest absolute Gasteiger partial charge is 0.497 e. The lowest BCUT2D eigenvalue weighted by Gasteiger charge is -2.05. The van der Waals surface area contributed by atoms with Crippen molar-refractivity contribution in [3.05, 3.63) is 60.6 Å². The monoisotopic (exact) mass is 350 g/mol. The molecule has 0 fully saturated rings. The third-order valence-electron chi connectivity index (χ3n) is 4.03. The second-order valence-electron chi connectivity index (χ2n) is 6.09. The average molecular weight is 350 g/mol. The highest BCUT2D eigenvalue weighted by Gasteiger charge is 2.05. The Hall–Kier alpha value is -3.15. The molecule has 1 amide bonds. The molecule has 0 saturated carbocycles. The maximum Gasteiger partial charge on any atom is 0.225 e. The van der Waals surface area contributed by atoms with E-state index in [1.165, 1.54) is 0 Å². The molecule has 0 atom stereocenters. The van der Waals surface area contributed by atoms with E-state index in [1.807, 2.05) is 60.4 Å². The third-order valence-corrected chi connectivity index (χ3v) is 4.03. The summed E-state index contributed by atoms with van der Waals surface area (Å²) in [5.74, 6) is 1.38. The summed E-state index contributed by atoms with van der Waals surface area (Å²) in [6, 6.07) is 11.6. The Morgan fingerprint density at radius 3 is 2.62 bits per heavy atom. The summed E-state index contributed by atoms with van der Waals surface area (Å²) in [4.78, 5) is 16.2. The summed E-state index contributed by atoms with van der Waals surface area (Å²) in [6.45, 7) is 2.65. The number of hydrogen-bond donors (Lipinski definition) is 1. The Bertz CT molecular complexity index is 854. The highest BCUT2D eigenvalue weighted by molar-refractivity contribution is 5.89. The third kappa shape index (κ3) is 4.69. The standard InChI is InChI=1S/C20H22N4O2/c1-15-5-10-19(21-12-15)23-20(25)4-3-11-24-14-17(13-22-24)16-6-8-18(26-2)9-7-16/h5-10,12-14H,3-4,11H2,1-2H3,(H,21,23,25). The molecule has 1 N–H and O–H groups in total. The second-order valence-corrected chi connectivity index (χ2v) is 6.09. The molecule has 134 valence electrons. The summed E-state index contributed by atoms with van der Waals surface area (Å²) < 4.78 is 7.03. The van der Waals surface area contributed by atoms with Crippen molar-refractivity contribution in [3.63, 3.8) is 0 Å². The minimum atomic E-state index is -0.0381. The maximum absolute atomic E-state index is 12.0. The van der Waals surface area contributed by atoms with E-state index >= 15 is 0 Å². The smallest absolute Gasteiger partial charge is 0.225 e. The number of nitrogens with one attached hydrogen (secondary N) is 1. The van der Waals surface area contributed by atoms with Gasteiger partial charge in [-0.2, -0.15) is 5.10 Å². The number of anilines is 1. The Labute approximate surface area is 152 Å². The first-order valence-corrected chi connectivity index (χ1v) is 8.53. The lowest BCUT2D eigenvalue weighted by molar-refractivity contribution is -0.116. The van der Waals surface area contributed by atoms with Crippen LogP contribution in [0.3, 0.4) is 0 Å². The SMILES string of the molecule is COc1ccc(-c2cnn(CCCC(=O)Nc3ccc(C)cn3)c2)cc1. The molecule has 2 aromatic heterocycles. The van der Waals surface area contributed by atoms with Crippen LogP contribution in [-0.2, 0) is 11.3 Å². The van der Waals surface area contributed by atoms with Crippen molar-refractivity contribution in [3.8, 4) is 16.9 Å². The van der Waals surface area contributed by atoms with Gasteiger partial charge in [0.15, 0.2) is 0 Å². The molecular formula is C20H22N4O2. The molecular weight excluding hydrogens is 328 g/mol. The molecule has 3 aromatic rings. The van der Waals surface area contributed by atoms with Crippen LogP contribution in [0.15, 0.2) is 55.0 Å². The lowest BCUT2D eigenvalue weighted by Crippen LogP contribution is -2.13. The van der Waals surface area contributed by atoms with Crippen molar-refractivity contribution in [1.82, 2.24) is 14.8 Å². The summed E-state index contributed by atoms with van der Waals surface area (Å²) >= 11 is 0. The molecule has 3 rings (SSSR count). The van der Waals surface area contributed by atoms with Crippen molar-refractivity contribution in [1.29, 1.82) is 0 Å². The fourth-order valence-electron chi connectivity index (χ4n) is 2.57. The molecule has 6 heteroatoms. The van der Waals surface area contributed by atoms with Crippen molar-refractivity contribution >= 4 is 11.7 Å². The molecule has 0 unspecified atom stereocenters. The molecule has 1 aromatic carbocycles. The predicted octanol–water partition coefficient (Wildman–Crippen LogP) is 3.68. The van der Waals surface area contributed by atoms with Gasteiger partial charge >= 0.3 is 0 Å². The number of carbonyl (C=O) groups excluding carboxylic acids is 1. The summed E-state index contributed by atoms with van der Waals surface area (Å²) in [6.07, 6.45) is 6.69. The highest BCUT2D eigenvalue weighted by atomic mass is 16.5. The quantitative estimate of drug-likeness (QED) is 0.706. The van der Waals surface area contributed by atoms with E-state index in [0.717, 1.165) is 22.4 Å². The maximum atomic E-state index is 12.0. The first-order valence-electron chi connectivity index (χ1n) is 8.53. The van der Waals surface area contributed by atoms with Gasteiger partial charge in [-0.15, -0.1) is 0 Å². The number of aryl methyl sites for hydroxylation is 2. The van der Waals surface area contributed by atoms with E-state index in [0.29, 0.717) is 25.2 Å². The Balaban J connectivity index is 1.48. The first kappa shape index (κ1) is 17.7. The van der Waals surface area contributed by atoms with Gasteiger partial charge in [0.05, 0.1) is 13.3 Å². The van der Waals surface area contributed by atoms with Crippen LogP contribution in [0.1, 0.15) is 18.4 Å². The summed E-state index contributed by atoms with van der Waals surface area (Å²) in [5.41, 5.74) is 3.19. The zero-order valence-corrected chi connectivity index (χ0v) is 15.0. The molecule has 0 bridgehead atoms. The van der Waals surface area contributed by atoms with Crippen LogP contribution in [0.2, 0.25) is 0 Å². The van der Waals surface area contributed by atoms with Gasteiger partial charge in [0.2, 0.25) is 5.91 Å². The van der Waals surface area contributed by atoms with Crippen LogP contribution >= 0.6 is 0 Å². The van der Waals surface area contributed by atoms with E-state index in [1.54, 1.807) is 13.3 Å². The molecule has 0 aliphatic carbocycles. The molecule has 0 aliphatic rings. The van der Waals surface area contributed by atoms with Crippen molar-refractivity contribution in [2.75, 3.05) is 12.4 Å². The first-order chi connectivity index (χ1) is 12.6. The van der Waals surface area contributed by atoms with Crippen LogP contribution < -0.4 is 10.1 Å². The molecule has 26 heavy (non-hydrogen) atoms. The van der Waals surface area contributed by atoms with E-state index in [9.17, 15) is 4.79 Å². The number of aromatic nitrogens is 3. The van der Waals surface area contributed by atoms with Gasteiger partial charge in [-0.05, 0) is 42.7 Å². The zero-order valence-electron chi connectivity index (χ0n) is 15.0. The molecule has 0 spiro atoms. The minimum Gasteiger partial charge on any atom is -0.497 e. The average Bonchev–Trinajstić information content (AvgIpc) is 3.12. The predicted molar refractivity (Wildman–Crippen MR) is 101 cm³/mol. The van der Waals surface area contributed by atoms with Gasteiger partial charge in [-0.25, -0.2) is 4.98 Å². The number of methoxy groups -OCH3 is 1. The van der Waals surface area contributed by atoms with Gasteiger partial charge in [0.25, 0.3) is 0 Å². The van der Waals surface area contributed by atoms with Crippen LogP contribution in [0.25, 0.3) is 11.1 Å². The van der Waals surface area contributed by atoms with Crippen molar-refractivity contribution in [2.45, 2.75) is 26.3 Å². The lowest BCUT2D eigenvalue weighted by atomic mass is 10.1. The van der Waals surface area contributed by atoms with Crippen molar-refractivity contribution in [2.24, 2.45) is 0 Å². The van der Waals surface area contributed by atoms with Gasteiger partial charge < -0.3 is 10.1 Å². The molecule has 2 heterocycles. The van der Waals surface area contributed by atoms with Gasteiger partial charge in [-0.1, -0.05) is 18.2 Å². The number of amides is 1. The number of benzene rings is 1. The van der Waals surface area contributed by atoms with E-state index in [4.69, 9.17) is 4.74 Å². The van der Waals surface area contributed by atoms with Crippen LogP contribution in [0.4, 0.5) is 5.82 Å². The van der Waals surface area contributed by atoms with E-state index in [-0.39, 0.29) is 5.91 Å². The molecule has 0 radical (unpaired) electrons. The fraction of sp³-hybridized carbons (Fsp3) is 0.250. The molecule has 0 saturated heterocycles. The van der Waals surface area contributed by atoms with Crippen LogP contribution in [0.5, 0.6) is 5.75 Å². The fourth-order valence-corrected chi connectivity index (χ4v) is 2.57. The van der Waals surface area contributed by atoms with Gasteiger partial charge in [-0.3, -0.25) is 9.48 Å². The van der Waals surface area contributed by atoms with Crippen molar-refractivity contribution < 1.29 is 9.53 Å².